The molecule has 9 heteroatoms. The van der Waals surface area contributed by atoms with Gasteiger partial charge in [-0.25, -0.2) is 8.42 Å². The fraction of sp³-hybridized carbons (Fsp3) is 0.368. The van der Waals surface area contributed by atoms with Crippen molar-refractivity contribution in [1.82, 2.24) is 0 Å². The second-order valence-electron chi connectivity index (χ2n) is 6.60. The molecule has 152 valence electrons. The number of ether oxygens (including phenoxy) is 1. The average Bonchev–Trinajstić information content (AvgIpc) is 2.68. The van der Waals surface area contributed by atoms with Gasteiger partial charge in [-0.2, -0.15) is 13.2 Å². The summed E-state index contributed by atoms with van der Waals surface area (Å²) in [5.41, 5.74) is 0.231. The number of benzene rings is 2. The molecule has 1 N–H and O–H groups in total. The first-order valence-electron chi connectivity index (χ1n) is 8.77. The van der Waals surface area contributed by atoms with Crippen molar-refractivity contribution in [3.05, 3.63) is 54.1 Å². The molecule has 0 spiro atoms. The molecule has 28 heavy (non-hydrogen) atoms. The zero-order chi connectivity index (χ0) is 20.4. The van der Waals surface area contributed by atoms with Crippen LogP contribution in [0.2, 0.25) is 0 Å². The Kier molecular flexibility index (Phi) is 5.85. The molecule has 2 aromatic carbocycles. The Balaban J connectivity index is 1.71. The van der Waals surface area contributed by atoms with Crippen molar-refractivity contribution in [2.24, 2.45) is 0 Å². The van der Waals surface area contributed by atoms with E-state index < -0.39 is 26.7 Å². The highest BCUT2D eigenvalue weighted by Gasteiger charge is 2.31. The third-order valence-electron chi connectivity index (χ3n) is 4.73. The summed E-state index contributed by atoms with van der Waals surface area (Å²) in [6, 6.07) is 10.4. The van der Waals surface area contributed by atoms with E-state index in [1.54, 1.807) is 31.4 Å². The third-order valence-corrected chi connectivity index (χ3v) is 6.11. The standard InChI is InChI=1S/C19H21F3N2O3S/c1-27-17-9-11-24(12-10-17)16-7-5-15(6-8-16)23-28(25,26)18-4-2-3-14(13-18)19(20,21)22/h2-8,13,17,23H,9-12H2,1H3. The van der Waals surface area contributed by atoms with Crippen LogP contribution in [-0.4, -0.2) is 34.7 Å². The highest BCUT2D eigenvalue weighted by atomic mass is 32.2. The normalized spacial score (nSPS) is 16.2. The minimum Gasteiger partial charge on any atom is -0.381 e. The average molecular weight is 414 g/mol. The van der Waals surface area contributed by atoms with Crippen LogP contribution in [0.15, 0.2) is 53.4 Å². The van der Waals surface area contributed by atoms with Crippen LogP contribution < -0.4 is 9.62 Å². The zero-order valence-electron chi connectivity index (χ0n) is 15.2. The summed E-state index contributed by atoms with van der Waals surface area (Å²) in [6.07, 6.45) is -2.51. The molecule has 0 radical (unpaired) electrons. The minimum atomic E-state index is -4.61. The molecule has 0 aliphatic carbocycles. The van der Waals surface area contributed by atoms with Crippen molar-refractivity contribution in [3.8, 4) is 0 Å². The van der Waals surface area contributed by atoms with Crippen LogP contribution in [0.5, 0.6) is 0 Å². The summed E-state index contributed by atoms with van der Waals surface area (Å²) in [5.74, 6) is 0. The van der Waals surface area contributed by atoms with Crippen molar-refractivity contribution < 1.29 is 26.3 Å². The minimum absolute atomic E-state index is 0.259. The number of nitrogens with zero attached hydrogens (tertiary/aromatic N) is 1. The van der Waals surface area contributed by atoms with Crippen LogP contribution in [0.3, 0.4) is 0 Å². The number of anilines is 2. The molecule has 1 saturated heterocycles. The van der Waals surface area contributed by atoms with E-state index in [0.717, 1.165) is 49.8 Å². The van der Waals surface area contributed by atoms with Gasteiger partial charge in [0.2, 0.25) is 0 Å². The first kappa shape index (κ1) is 20.5. The predicted molar refractivity (Wildman–Crippen MR) is 101 cm³/mol. The first-order valence-corrected chi connectivity index (χ1v) is 10.3. The fourth-order valence-corrected chi connectivity index (χ4v) is 4.25. The number of rotatable bonds is 5. The number of hydrogen-bond acceptors (Lipinski definition) is 4. The van der Waals surface area contributed by atoms with Crippen LogP contribution in [-0.2, 0) is 20.9 Å². The van der Waals surface area contributed by atoms with Crippen LogP contribution in [0, 0.1) is 0 Å². The Morgan fingerprint density at radius 1 is 1.07 bits per heavy atom. The lowest BCUT2D eigenvalue weighted by molar-refractivity contribution is -0.137. The van der Waals surface area contributed by atoms with Crippen molar-refractivity contribution >= 4 is 21.4 Å². The molecule has 2 aromatic rings. The van der Waals surface area contributed by atoms with Gasteiger partial charge in [-0.05, 0) is 55.3 Å². The maximum Gasteiger partial charge on any atom is 0.416 e. The molecule has 0 unspecified atom stereocenters. The highest BCUT2D eigenvalue weighted by molar-refractivity contribution is 7.92. The molecule has 0 atom stereocenters. The second kappa shape index (κ2) is 8.00. The largest absolute Gasteiger partial charge is 0.416 e. The van der Waals surface area contributed by atoms with Crippen molar-refractivity contribution in [1.29, 1.82) is 0 Å². The predicted octanol–water partition coefficient (Wildman–Crippen LogP) is 4.12. The molecule has 0 aromatic heterocycles. The Bertz CT molecular complexity index is 907. The van der Waals surface area contributed by atoms with Gasteiger partial charge in [-0.3, -0.25) is 4.72 Å². The maximum absolute atomic E-state index is 12.8. The van der Waals surface area contributed by atoms with Crippen molar-refractivity contribution in [3.63, 3.8) is 0 Å². The van der Waals surface area contributed by atoms with Gasteiger partial charge in [0.1, 0.15) is 0 Å². The number of sulfonamides is 1. The molecular weight excluding hydrogens is 393 g/mol. The van der Waals surface area contributed by atoms with E-state index in [1.807, 2.05) is 0 Å². The highest BCUT2D eigenvalue weighted by Crippen LogP contribution is 2.31. The number of hydrogen-bond donors (Lipinski definition) is 1. The molecule has 3 rings (SSSR count). The third kappa shape index (κ3) is 4.77. The van der Waals surface area contributed by atoms with Crippen molar-refractivity contribution in [2.75, 3.05) is 29.8 Å². The second-order valence-corrected chi connectivity index (χ2v) is 8.28. The summed E-state index contributed by atoms with van der Waals surface area (Å²) in [6.45, 7) is 1.68. The Hall–Kier alpha value is -2.26. The van der Waals surface area contributed by atoms with Crippen LogP contribution in [0.1, 0.15) is 18.4 Å². The smallest absolute Gasteiger partial charge is 0.381 e. The first-order chi connectivity index (χ1) is 13.2. The lowest BCUT2D eigenvalue weighted by Crippen LogP contribution is -2.36. The summed E-state index contributed by atoms with van der Waals surface area (Å²) >= 11 is 0. The number of piperidine rings is 1. The van der Waals surface area contributed by atoms with E-state index in [1.165, 1.54) is 0 Å². The van der Waals surface area contributed by atoms with Gasteiger partial charge in [0.15, 0.2) is 0 Å². The topological polar surface area (TPSA) is 58.6 Å². The van der Waals surface area contributed by atoms with Gasteiger partial charge >= 0.3 is 6.18 Å². The molecule has 0 amide bonds. The fourth-order valence-electron chi connectivity index (χ4n) is 3.14. The molecular formula is C19H21F3N2O3S. The molecule has 5 nitrogen and oxygen atoms in total. The summed E-state index contributed by atoms with van der Waals surface area (Å²) in [7, 11) is -2.42. The van der Waals surface area contributed by atoms with Crippen molar-refractivity contribution in [2.45, 2.75) is 30.0 Å². The number of alkyl halides is 3. The van der Waals surface area contributed by atoms with E-state index in [2.05, 4.69) is 9.62 Å². The monoisotopic (exact) mass is 414 g/mol. The lowest BCUT2D eigenvalue weighted by Gasteiger charge is -2.33. The zero-order valence-corrected chi connectivity index (χ0v) is 16.1. The van der Waals surface area contributed by atoms with E-state index >= 15 is 0 Å². The summed E-state index contributed by atoms with van der Waals surface area (Å²) in [4.78, 5) is 1.74. The van der Waals surface area contributed by atoms with Gasteiger partial charge in [-0.1, -0.05) is 6.07 Å². The number of nitrogens with one attached hydrogen (secondary N) is 1. The van der Waals surface area contributed by atoms with Gasteiger partial charge in [-0.15, -0.1) is 0 Å². The Morgan fingerprint density at radius 2 is 1.71 bits per heavy atom. The quantitative estimate of drug-likeness (QED) is 0.800. The van der Waals surface area contributed by atoms with Crippen LogP contribution in [0.4, 0.5) is 24.5 Å². The van der Waals surface area contributed by atoms with Crippen LogP contribution >= 0.6 is 0 Å². The van der Waals surface area contributed by atoms with E-state index in [9.17, 15) is 21.6 Å². The van der Waals surface area contributed by atoms with Gasteiger partial charge in [0.05, 0.1) is 16.6 Å². The van der Waals surface area contributed by atoms with E-state index in [-0.39, 0.29) is 11.8 Å². The molecule has 1 aliphatic heterocycles. The van der Waals surface area contributed by atoms with E-state index in [4.69, 9.17) is 4.74 Å². The molecule has 1 heterocycles. The Morgan fingerprint density at radius 3 is 2.29 bits per heavy atom. The molecule has 0 saturated carbocycles. The molecule has 0 bridgehead atoms. The maximum atomic E-state index is 12.8. The molecule has 1 fully saturated rings. The van der Waals surface area contributed by atoms with E-state index in [0.29, 0.717) is 6.07 Å². The SMILES string of the molecule is COC1CCN(c2ccc(NS(=O)(=O)c3cccc(C(F)(F)F)c3)cc2)CC1. The molecule has 1 aliphatic rings. The lowest BCUT2D eigenvalue weighted by atomic mass is 10.1. The summed E-state index contributed by atoms with van der Waals surface area (Å²) < 4.78 is 71.0. The van der Waals surface area contributed by atoms with Gasteiger partial charge in [0.25, 0.3) is 10.0 Å². The number of methoxy groups -OCH3 is 1. The van der Waals surface area contributed by atoms with Gasteiger partial charge in [0, 0.05) is 31.6 Å². The van der Waals surface area contributed by atoms with Gasteiger partial charge < -0.3 is 9.64 Å². The summed E-state index contributed by atoms with van der Waals surface area (Å²) in [5, 5.41) is 0. The van der Waals surface area contributed by atoms with Crippen LogP contribution in [0.25, 0.3) is 0 Å². The number of halogens is 3. The Labute approximate surface area is 162 Å².